The molecule has 2 heteroatoms. The first-order chi connectivity index (χ1) is 6.90. The zero-order valence-corrected chi connectivity index (χ0v) is 9.96. The average molecular weight is 199 g/mol. The lowest BCUT2D eigenvalue weighted by Gasteiger charge is -2.39. The van der Waals surface area contributed by atoms with Gasteiger partial charge in [0.05, 0.1) is 13.2 Å². The highest BCUT2D eigenvalue weighted by Crippen LogP contribution is 2.29. The summed E-state index contributed by atoms with van der Waals surface area (Å²) in [5, 5.41) is 0. The molecule has 14 heavy (non-hydrogen) atoms. The SMILES string of the molecule is CC.CCN1CCC(C2COC2)CC1. The molecule has 2 heterocycles. The molecule has 0 aromatic carbocycles. The Bertz CT molecular complexity index is 137. The predicted octanol–water partition coefficient (Wildman–Crippen LogP) is 2.39. The van der Waals surface area contributed by atoms with Gasteiger partial charge in [0, 0.05) is 5.92 Å². The largest absolute Gasteiger partial charge is 0.381 e. The van der Waals surface area contributed by atoms with Crippen LogP contribution in [0.2, 0.25) is 0 Å². The van der Waals surface area contributed by atoms with E-state index in [9.17, 15) is 0 Å². The van der Waals surface area contributed by atoms with Crippen molar-refractivity contribution in [3.8, 4) is 0 Å². The molecule has 2 rings (SSSR count). The van der Waals surface area contributed by atoms with Crippen molar-refractivity contribution in [3.05, 3.63) is 0 Å². The molecule has 0 spiro atoms. The molecule has 84 valence electrons. The van der Waals surface area contributed by atoms with E-state index in [1.807, 2.05) is 13.8 Å². The molecule has 0 radical (unpaired) electrons. The summed E-state index contributed by atoms with van der Waals surface area (Å²) in [6.07, 6.45) is 2.81. The van der Waals surface area contributed by atoms with E-state index in [1.165, 1.54) is 32.5 Å². The standard InChI is InChI=1S/C10H19NO.C2H6/c1-2-11-5-3-9(4-6-11)10-7-12-8-10;1-2/h9-10H,2-8H2,1H3;1-2H3. The van der Waals surface area contributed by atoms with Gasteiger partial charge in [0.15, 0.2) is 0 Å². The first-order valence-corrected chi connectivity index (χ1v) is 6.20. The van der Waals surface area contributed by atoms with Gasteiger partial charge in [-0.15, -0.1) is 0 Å². The van der Waals surface area contributed by atoms with Crippen LogP contribution in [0.25, 0.3) is 0 Å². The van der Waals surface area contributed by atoms with Gasteiger partial charge in [0.1, 0.15) is 0 Å². The minimum atomic E-state index is 0.906. The number of hydrogen-bond acceptors (Lipinski definition) is 2. The average Bonchev–Trinajstić information content (AvgIpc) is 2.20. The molecule has 0 atom stereocenters. The van der Waals surface area contributed by atoms with E-state index < -0.39 is 0 Å². The van der Waals surface area contributed by atoms with Gasteiger partial charge in [-0.3, -0.25) is 0 Å². The molecule has 2 nitrogen and oxygen atoms in total. The van der Waals surface area contributed by atoms with Crippen molar-refractivity contribution < 1.29 is 4.74 Å². The normalized spacial score (nSPS) is 25.1. The van der Waals surface area contributed by atoms with Crippen molar-refractivity contribution >= 4 is 0 Å². The van der Waals surface area contributed by atoms with Gasteiger partial charge in [-0.05, 0) is 38.4 Å². The van der Waals surface area contributed by atoms with Gasteiger partial charge >= 0.3 is 0 Å². The Morgan fingerprint density at radius 2 is 1.64 bits per heavy atom. The van der Waals surface area contributed by atoms with Crippen molar-refractivity contribution in [2.45, 2.75) is 33.6 Å². The summed E-state index contributed by atoms with van der Waals surface area (Å²) >= 11 is 0. The second-order valence-corrected chi connectivity index (χ2v) is 4.07. The van der Waals surface area contributed by atoms with Gasteiger partial charge in [-0.2, -0.15) is 0 Å². The molecular formula is C12H25NO. The molecule has 0 bridgehead atoms. The van der Waals surface area contributed by atoms with E-state index in [0.29, 0.717) is 0 Å². The second-order valence-electron chi connectivity index (χ2n) is 4.07. The zero-order valence-electron chi connectivity index (χ0n) is 9.96. The van der Waals surface area contributed by atoms with Gasteiger partial charge in [0.25, 0.3) is 0 Å². The van der Waals surface area contributed by atoms with Crippen LogP contribution in [0.5, 0.6) is 0 Å². The maximum atomic E-state index is 5.23. The Hall–Kier alpha value is -0.0800. The number of piperidine rings is 1. The summed E-state index contributed by atoms with van der Waals surface area (Å²) in [6.45, 7) is 12.2. The molecule has 2 saturated heterocycles. The minimum Gasteiger partial charge on any atom is -0.381 e. The minimum absolute atomic E-state index is 0.906. The Kier molecular flexibility index (Phi) is 5.49. The number of rotatable bonds is 2. The van der Waals surface area contributed by atoms with Crippen LogP contribution in [-0.4, -0.2) is 37.7 Å². The lowest BCUT2D eigenvalue weighted by atomic mass is 9.83. The zero-order chi connectivity index (χ0) is 10.4. The third-order valence-corrected chi connectivity index (χ3v) is 3.41. The highest BCUT2D eigenvalue weighted by Gasteiger charge is 2.30. The fourth-order valence-electron chi connectivity index (χ4n) is 2.27. The lowest BCUT2D eigenvalue weighted by Crippen LogP contribution is -2.41. The lowest BCUT2D eigenvalue weighted by molar-refractivity contribution is -0.0720. The summed E-state index contributed by atoms with van der Waals surface area (Å²) in [7, 11) is 0. The van der Waals surface area contributed by atoms with Crippen LogP contribution >= 0.6 is 0 Å². The third kappa shape index (κ3) is 2.96. The summed E-state index contributed by atoms with van der Waals surface area (Å²) in [4.78, 5) is 2.55. The maximum Gasteiger partial charge on any atom is 0.0519 e. The molecule has 0 N–H and O–H groups in total. The molecular weight excluding hydrogens is 174 g/mol. The topological polar surface area (TPSA) is 12.5 Å². The van der Waals surface area contributed by atoms with E-state index in [-0.39, 0.29) is 0 Å². The molecule has 0 aromatic heterocycles. The first kappa shape index (κ1) is 12.0. The fraction of sp³-hybridized carbons (Fsp3) is 1.00. The predicted molar refractivity (Wildman–Crippen MR) is 60.5 cm³/mol. The number of ether oxygens (including phenoxy) is 1. The quantitative estimate of drug-likeness (QED) is 0.677. The van der Waals surface area contributed by atoms with Crippen molar-refractivity contribution in [1.29, 1.82) is 0 Å². The third-order valence-electron chi connectivity index (χ3n) is 3.41. The molecule has 2 aliphatic rings. The molecule has 2 aliphatic heterocycles. The smallest absolute Gasteiger partial charge is 0.0519 e. The van der Waals surface area contributed by atoms with Crippen molar-refractivity contribution in [2.75, 3.05) is 32.8 Å². The van der Waals surface area contributed by atoms with E-state index in [4.69, 9.17) is 4.74 Å². The van der Waals surface area contributed by atoms with Crippen LogP contribution < -0.4 is 0 Å². The van der Waals surface area contributed by atoms with Gasteiger partial charge in [0.2, 0.25) is 0 Å². The summed E-state index contributed by atoms with van der Waals surface area (Å²) < 4.78 is 5.23. The second kappa shape index (κ2) is 6.41. The maximum absolute atomic E-state index is 5.23. The highest BCUT2D eigenvalue weighted by molar-refractivity contribution is 4.80. The molecule has 0 aliphatic carbocycles. The Morgan fingerprint density at radius 3 is 2.00 bits per heavy atom. The summed E-state index contributed by atoms with van der Waals surface area (Å²) in [5.41, 5.74) is 0. The fourth-order valence-corrected chi connectivity index (χ4v) is 2.27. The number of hydrogen-bond donors (Lipinski definition) is 0. The first-order valence-electron chi connectivity index (χ1n) is 6.20. The Labute approximate surface area is 88.6 Å². The van der Waals surface area contributed by atoms with Crippen LogP contribution in [0.4, 0.5) is 0 Å². The van der Waals surface area contributed by atoms with Gasteiger partial charge in [-0.25, -0.2) is 0 Å². The van der Waals surface area contributed by atoms with Gasteiger partial charge < -0.3 is 9.64 Å². The van der Waals surface area contributed by atoms with E-state index in [2.05, 4.69) is 11.8 Å². The van der Waals surface area contributed by atoms with Crippen LogP contribution in [0, 0.1) is 11.8 Å². The number of nitrogens with zero attached hydrogens (tertiary/aromatic N) is 1. The molecule has 0 unspecified atom stereocenters. The van der Waals surface area contributed by atoms with Crippen LogP contribution in [-0.2, 0) is 4.74 Å². The van der Waals surface area contributed by atoms with Crippen LogP contribution in [0.15, 0.2) is 0 Å². The van der Waals surface area contributed by atoms with Crippen molar-refractivity contribution in [2.24, 2.45) is 11.8 Å². The molecule has 0 amide bonds. The van der Waals surface area contributed by atoms with Gasteiger partial charge in [-0.1, -0.05) is 20.8 Å². The van der Waals surface area contributed by atoms with Crippen molar-refractivity contribution in [1.82, 2.24) is 4.90 Å². The Morgan fingerprint density at radius 1 is 1.07 bits per heavy atom. The highest BCUT2D eigenvalue weighted by atomic mass is 16.5. The van der Waals surface area contributed by atoms with Crippen LogP contribution in [0.3, 0.4) is 0 Å². The molecule has 0 aromatic rings. The monoisotopic (exact) mass is 199 g/mol. The summed E-state index contributed by atoms with van der Waals surface area (Å²) in [5.74, 6) is 1.88. The van der Waals surface area contributed by atoms with Crippen molar-refractivity contribution in [3.63, 3.8) is 0 Å². The van der Waals surface area contributed by atoms with E-state index >= 15 is 0 Å². The molecule has 0 saturated carbocycles. The molecule has 2 fully saturated rings. The summed E-state index contributed by atoms with van der Waals surface area (Å²) in [6, 6.07) is 0. The van der Waals surface area contributed by atoms with Crippen LogP contribution in [0.1, 0.15) is 33.6 Å². The van der Waals surface area contributed by atoms with E-state index in [1.54, 1.807) is 0 Å². The Balaban J connectivity index is 0.000000461. The van der Waals surface area contributed by atoms with E-state index in [0.717, 1.165) is 25.0 Å². The number of likely N-dealkylation sites (tertiary alicyclic amines) is 1.